The Labute approximate surface area is 266 Å². The maximum atomic E-state index is 14.1. The average Bonchev–Trinajstić information content (AvgIpc) is 3.49. The highest BCUT2D eigenvalue weighted by molar-refractivity contribution is 6.74. The number of halogens is 2. The lowest BCUT2D eigenvalue weighted by Crippen LogP contribution is -2.45. The number of hydrogen-bond donors (Lipinski definition) is 2. The SMILES string of the molecule is CC(O[Si](C)(C)C(C)(C)C)C(=O)c1nccc(-c2cc3c(c(CCO)c2OC(F)F)[C@H]2C[C@@H](NC3=O)c3nc4ccccc4n32)n1. The van der Waals surface area contributed by atoms with Crippen molar-refractivity contribution in [3.05, 3.63) is 70.9 Å². The number of fused-ring (bicyclic) bond motifs is 9. The zero-order valence-corrected chi connectivity index (χ0v) is 27.6. The van der Waals surface area contributed by atoms with Gasteiger partial charge in [-0.3, -0.25) is 9.59 Å². The van der Waals surface area contributed by atoms with Crippen LogP contribution in [0, 0.1) is 0 Å². The molecule has 2 aliphatic heterocycles. The Hall–Kier alpha value is -4.07. The van der Waals surface area contributed by atoms with E-state index in [-0.39, 0.29) is 52.0 Å². The van der Waals surface area contributed by atoms with Crippen LogP contribution in [0.5, 0.6) is 5.75 Å². The van der Waals surface area contributed by atoms with Crippen molar-refractivity contribution in [1.82, 2.24) is 24.8 Å². The first kappa shape index (κ1) is 31.9. The van der Waals surface area contributed by atoms with Crippen LogP contribution in [0.4, 0.5) is 8.78 Å². The number of nitrogens with one attached hydrogen (secondary N) is 1. The minimum Gasteiger partial charge on any atom is -0.434 e. The van der Waals surface area contributed by atoms with Crippen LogP contribution in [0.3, 0.4) is 0 Å². The molecule has 6 rings (SSSR count). The summed E-state index contributed by atoms with van der Waals surface area (Å²) < 4.78 is 41.7. The molecule has 2 aromatic carbocycles. The number of rotatable bonds is 9. The minimum atomic E-state index is -3.21. The van der Waals surface area contributed by atoms with Gasteiger partial charge in [0.05, 0.1) is 28.8 Å². The first-order chi connectivity index (χ1) is 21.7. The van der Waals surface area contributed by atoms with Crippen molar-refractivity contribution < 1.29 is 32.6 Å². The molecule has 4 heterocycles. The van der Waals surface area contributed by atoms with Gasteiger partial charge in [-0.25, -0.2) is 15.0 Å². The van der Waals surface area contributed by atoms with Gasteiger partial charge in [-0.2, -0.15) is 8.78 Å². The van der Waals surface area contributed by atoms with Crippen molar-refractivity contribution in [3.8, 4) is 17.0 Å². The van der Waals surface area contributed by atoms with E-state index in [2.05, 4.69) is 36.1 Å². The molecule has 2 aliphatic rings. The number of carbonyl (C=O) groups excluding carboxylic acids is 2. The molecule has 10 nitrogen and oxygen atoms in total. The van der Waals surface area contributed by atoms with Crippen LogP contribution in [0.2, 0.25) is 18.1 Å². The summed E-state index contributed by atoms with van der Waals surface area (Å²) in [6.45, 7) is 8.33. The maximum Gasteiger partial charge on any atom is 0.387 e. The summed E-state index contributed by atoms with van der Waals surface area (Å²) >= 11 is 0. The summed E-state index contributed by atoms with van der Waals surface area (Å²) in [6, 6.07) is 9.68. The molecule has 46 heavy (non-hydrogen) atoms. The van der Waals surface area contributed by atoms with Gasteiger partial charge < -0.3 is 24.2 Å². The lowest BCUT2D eigenvalue weighted by molar-refractivity contribution is -0.0502. The second-order valence-corrected chi connectivity index (χ2v) is 18.1. The largest absolute Gasteiger partial charge is 0.434 e. The summed E-state index contributed by atoms with van der Waals surface area (Å²) in [5, 5.41) is 13.1. The van der Waals surface area contributed by atoms with Gasteiger partial charge >= 0.3 is 6.61 Å². The summed E-state index contributed by atoms with van der Waals surface area (Å²) in [7, 11) is -2.31. The summed E-state index contributed by atoms with van der Waals surface area (Å²) in [4.78, 5) is 40.7. The fraction of sp³-hybridized carbons (Fsp3) is 0.424. The predicted octanol–water partition coefficient (Wildman–Crippen LogP) is 6.00. The molecular formula is C33H37F2N5O5Si. The van der Waals surface area contributed by atoms with Gasteiger partial charge in [-0.05, 0) is 67.7 Å². The molecule has 0 spiro atoms. The van der Waals surface area contributed by atoms with Crippen molar-refractivity contribution >= 4 is 31.0 Å². The molecule has 0 saturated heterocycles. The first-order valence-corrected chi connectivity index (χ1v) is 18.2. The molecule has 0 aliphatic carbocycles. The quantitative estimate of drug-likeness (QED) is 0.167. The molecule has 2 N–H and O–H groups in total. The standard InChI is InChI=1S/C33H37F2N5O5Si/c1-17(45-46(5,6)33(2,3)4)27(42)29-36-13-11-21(37-29)19-15-20-26(18(12-14-41)28(19)44-32(34)35)25-16-23(39-31(20)43)30-38-22-9-7-8-10-24(22)40(25)30/h7-11,13,15,17,23,25,32,41H,12,14,16H2,1-6H3,(H,39,43)/t17?,23-,25-/m1/s1. The number of imidazole rings is 1. The number of amides is 1. The number of aliphatic hydroxyl groups excluding tert-OH is 1. The number of para-hydroxylation sites is 2. The van der Waals surface area contributed by atoms with Crippen molar-refractivity contribution in [1.29, 1.82) is 0 Å². The van der Waals surface area contributed by atoms with Crippen LogP contribution in [0.1, 0.15) is 84.1 Å². The molecule has 3 atom stereocenters. The topological polar surface area (TPSA) is 128 Å². The van der Waals surface area contributed by atoms with Crippen LogP contribution in [-0.2, 0) is 10.8 Å². The van der Waals surface area contributed by atoms with E-state index >= 15 is 0 Å². The first-order valence-electron chi connectivity index (χ1n) is 15.3. The van der Waals surface area contributed by atoms with E-state index in [1.54, 1.807) is 6.92 Å². The van der Waals surface area contributed by atoms with E-state index in [1.807, 2.05) is 41.9 Å². The van der Waals surface area contributed by atoms with E-state index < -0.39 is 44.8 Å². The van der Waals surface area contributed by atoms with Gasteiger partial charge in [0.25, 0.3) is 5.91 Å². The number of Topliss-reactive ketones (excluding diaryl/α,β-unsaturated/α-hetero) is 1. The minimum absolute atomic E-state index is 0.0666. The molecule has 2 bridgehead atoms. The van der Waals surface area contributed by atoms with Crippen molar-refractivity contribution in [2.75, 3.05) is 6.61 Å². The van der Waals surface area contributed by atoms with Crippen LogP contribution >= 0.6 is 0 Å². The van der Waals surface area contributed by atoms with E-state index in [9.17, 15) is 23.5 Å². The molecule has 0 radical (unpaired) electrons. The van der Waals surface area contributed by atoms with Gasteiger partial charge in [0.15, 0.2) is 14.1 Å². The van der Waals surface area contributed by atoms with E-state index in [1.165, 1.54) is 18.3 Å². The van der Waals surface area contributed by atoms with Gasteiger partial charge in [0, 0.05) is 29.5 Å². The number of hydrogen-bond acceptors (Lipinski definition) is 8. The number of benzene rings is 2. The molecule has 242 valence electrons. The van der Waals surface area contributed by atoms with Crippen molar-refractivity contribution in [2.24, 2.45) is 0 Å². The van der Waals surface area contributed by atoms with E-state index in [0.717, 1.165) is 11.0 Å². The lowest BCUT2D eigenvalue weighted by Gasteiger charge is -2.37. The second-order valence-electron chi connectivity index (χ2n) is 13.3. The normalized spacial score (nSPS) is 18.3. The number of aromatic nitrogens is 4. The van der Waals surface area contributed by atoms with Gasteiger partial charge in [0.2, 0.25) is 5.78 Å². The molecule has 13 heteroatoms. The Kier molecular flexibility index (Phi) is 8.06. The third-order valence-corrected chi connectivity index (χ3v) is 13.9. The summed E-state index contributed by atoms with van der Waals surface area (Å²) in [5.41, 5.74) is 2.79. The molecule has 0 saturated carbocycles. The number of ketones is 1. The molecular weight excluding hydrogens is 612 g/mol. The lowest BCUT2D eigenvalue weighted by atomic mass is 9.88. The Bertz CT molecular complexity index is 1850. The highest BCUT2D eigenvalue weighted by Gasteiger charge is 2.43. The van der Waals surface area contributed by atoms with Crippen LogP contribution in [-0.4, -0.2) is 64.0 Å². The number of aliphatic hydroxyl groups is 1. The molecule has 2 aromatic heterocycles. The monoisotopic (exact) mass is 649 g/mol. The van der Waals surface area contributed by atoms with Crippen molar-refractivity contribution in [3.63, 3.8) is 0 Å². The fourth-order valence-corrected chi connectivity index (χ4v) is 7.58. The Morgan fingerprint density at radius 1 is 1.17 bits per heavy atom. The molecule has 1 unspecified atom stereocenters. The Balaban J connectivity index is 1.50. The van der Waals surface area contributed by atoms with Crippen LogP contribution in [0.15, 0.2) is 42.6 Å². The van der Waals surface area contributed by atoms with E-state index in [0.29, 0.717) is 17.8 Å². The van der Waals surface area contributed by atoms with Crippen molar-refractivity contribution in [2.45, 2.75) is 83.5 Å². The highest BCUT2D eigenvalue weighted by Crippen LogP contribution is 2.49. The molecule has 0 fully saturated rings. The smallest absolute Gasteiger partial charge is 0.387 e. The third-order valence-electron chi connectivity index (χ3n) is 9.38. The summed E-state index contributed by atoms with van der Waals surface area (Å²) in [5.74, 6) is -0.555. The van der Waals surface area contributed by atoms with Crippen LogP contribution < -0.4 is 10.1 Å². The summed E-state index contributed by atoms with van der Waals surface area (Å²) in [6.07, 6.45) is 0.911. The highest BCUT2D eigenvalue weighted by atomic mass is 28.4. The number of alkyl halides is 2. The van der Waals surface area contributed by atoms with Crippen LogP contribution in [0.25, 0.3) is 22.3 Å². The fourth-order valence-electron chi connectivity index (χ4n) is 6.24. The van der Waals surface area contributed by atoms with Gasteiger partial charge in [0.1, 0.15) is 17.7 Å². The zero-order valence-electron chi connectivity index (χ0n) is 26.6. The number of nitrogens with zero attached hydrogens (tertiary/aromatic N) is 4. The third kappa shape index (κ3) is 5.39. The molecule has 4 aromatic rings. The average molecular weight is 650 g/mol. The zero-order chi connectivity index (χ0) is 33.1. The van der Waals surface area contributed by atoms with Gasteiger partial charge in [-0.1, -0.05) is 32.9 Å². The Morgan fingerprint density at radius 2 is 1.91 bits per heavy atom. The Morgan fingerprint density at radius 3 is 2.61 bits per heavy atom. The second kappa shape index (κ2) is 11.6. The number of carbonyl (C=O) groups is 2. The molecule has 1 amide bonds. The maximum absolute atomic E-state index is 14.1. The van der Waals surface area contributed by atoms with Gasteiger partial charge in [-0.15, -0.1) is 0 Å². The predicted molar refractivity (Wildman–Crippen MR) is 170 cm³/mol. The van der Waals surface area contributed by atoms with E-state index in [4.69, 9.17) is 14.1 Å². The number of ether oxygens (including phenoxy) is 1.